The van der Waals surface area contributed by atoms with Crippen molar-refractivity contribution in [3.63, 3.8) is 0 Å². The van der Waals surface area contributed by atoms with Crippen molar-refractivity contribution >= 4 is 36.1 Å². The fourth-order valence-corrected chi connectivity index (χ4v) is 2.45. The summed E-state index contributed by atoms with van der Waals surface area (Å²) in [6.07, 6.45) is 6.92. The van der Waals surface area contributed by atoms with E-state index in [9.17, 15) is 4.79 Å². The van der Waals surface area contributed by atoms with E-state index in [0.717, 1.165) is 17.1 Å². The molecule has 0 aliphatic rings. The average molecular weight is 347 g/mol. The average Bonchev–Trinajstić information content (AvgIpc) is 2.45. The van der Waals surface area contributed by atoms with Gasteiger partial charge in [0.2, 0.25) is 11.2 Å². The van der Waals surface area contributed by atoms with E-state index in [1.165, 1.54) is 25.7 Å². The molecule has 6 nitrogen and oxygen atoms in total. The van der Waals surface area contributed by atoms with E-state index >= 15 is 0 Å². The summed E-state index contributed by atoms with van der Waals surface area (Å²) in [4.78, 5) is 19.3. The van der Waals surface area contributed by atoms with Gasteiger partial charge in [-0.15, -0.1) is 0 Å². The lowest BCUT2D eigenvalue weighted by Crippen LogP contribution is -2.28. The van der Waals surface area contributed by atoms with Crippen LogP contribution >= 0.6 is 24.4 Å². The third-order valence-corrected chi connectivity index (χ3v) is 3.72. The summed E-state index contributed by atoms with van der Waals surface area (Å²) >= 11 is 9.89. The van der Waals surface area contributed by atoms with Crippen LogP contribution in [0.25, 0.3) is 0 Å². The predicted octanol–water partition coefficient (Wildman–Crippen LogP) is 3.91. The van der Waals surface area contributed by atoms with E-state index in [-0.39, 0.29) is 11.2 Å². The normalized spacial score (nSPS) is 10.5. The number of hydrogen-bond acceptors (Lipinski definition) is 5. The monoisotopic (exact) mass is 346 g/mol. The number of hydrogen-bond donors (Lipinski definition) is 2. The lowest BCUT2D eigenvalue weighted by Gasteiger charge is -2.18. The van der Waals surface area contributed by atoms with Gasteiger partial charge in [-0.25, -0.2) is 14.1 Å². The van der Waals surface area contributed by atoms with Crippen molar-refractivity contribution in [1.29, 1.82) is 0 Å². The maximum absolute atomic E-state index is 11.3. The summed E-state index contributed by atoms with van der Waals surface area (Å²) in [7, 11) is 0. The lowest BCUT2D eigenvalue weighted by molar-refractivity contribution is 0.256. The molecule has 0 saturated carbocycles. The molecular formula is C14H23ClN4O2S. The van der Waals surface area contributed by atoms with Gasteiger partial charge in [0.05, 0.1) is 12.3 Å². The summed E-state index contributed by atoms with van der Waals surface area (Å²) < 4.78 is 6.60. The highest BCUT2D eigenvalue weighted by molar-refractivity contribution is 7.82. The third-order valence-electron chi connectivity index (χ3n) is 3.16. The molecule has 0 saturated heterocycles. The Morgan fingerprint density at radius 3 is 2.55 bits per heavy atom. The minimum absolute atomic E-state index is 0.0606. The zero-order valence-corrected chi connectivity index (χ0v) is 14.7. The molecule has 0 spiro atoms. The number of carbonyl (C=O) groups is 1. The summed E-state index contributed by atoms with van der Waals surface area (Å²) in [6.45, 7) is 4.37. The minimum atomic E-state index is -0.734. The Labute approximate surface area is 141 Å². The molecule has 1 heterocycles. The second kappa shape index (κ2) is 9.74. The molecule has 0 fully saturated rings. The van der Waals surface area contributed by atoms with Gasteiger partial charge in [-0.1, -0.05) is 51.8 Å². The smallest absolute Gasteiger partial charge is 0.329 e. The van der Waals surface area contributed by atoms with E-state index in [2.05, 4.69) is 29.7 Å². The number of nitrogens with zero attached hydrogens (tertiary/aromatic N) is 3. The van der Waals surface area contributed by atoms with Gasteiger partial charge >= 0.3 is 6.03 Å². The maximum Gasteiger partial charge on any atom is 0.329 e. The third kappa shape index (κ3) is 5.88. The number of carbonyl (C=O) groups excluding carboxylic acids is 1. The number of primary amides is 1. The number of ether oxygens (including phenoxy) is 1. The van der Waals surface area contributed by atoms with Crippen LogP contribution in [0.4, 0.5) is 10.5 Å². The zero-order valence-electron chi connectivity index (χ0n) is 13.0. The second-order valence-corrected chi connectivity index (χ2v) is 5.74. The van der Waals surface area contributed by atoms with Crippen molar-refractivity contribution in [2.75, 3.05) is 10.9 Å². The number of nitrogens with two attached hydrogens (primary N) is 1. The van der Waals surface area contributed by atoms with Crippen LogP contribution in [0.3, 0.4) is 0 Å². The Hall–Kier alpha value is -1.21. The van der Waals surface area contributed by atoms with Crippen LogP contribution in [0, 0.1) is 6.92 Å². The molecule has 0 aliphatic heterocycles. The van der Waals surface area contributed by atoms with E-state index in [0.29, 0.717) is 18.0 Å². The van der Waals surface area contributed by atoms with Gasteiger partial charge in [-0.2, -0.15) is 4.98 Å². The Morgan fingerprint density at radius 1 is 1.27 bits per heavy atom. The number of aromatic nitrogens is 2. The lowest BCUT2D eigenvalue weighted by atomic mass is 10.1. The molecule has 0 aliphatic carbocycles. The van der Waals surface area contributed by atoms with Crippen LogP contribution in [0.15, 0.2) is 0 Å². The summed E-state index contributed by atoms with van der Waals surface area (Å²) in [6, 6.07) is -0.734. The molecule has 0 bridgehead atoms. The number of unbranched alkanes of at least 4 members (excludes halogenated alkanes) is 5. The molecule has 2 amide bonds. The van der Waals surface area contributed by atoms with Crippen LogP contribution in [0.2, 0.25) is 5.28 Å². The van der Waals surface area contributed by atoms with Crippen LogP contribution in [-0.4, -0.2) is 22.6 Å². The van der Waals surface area contributed by atoms with Gasteiger partial charge in [0.25, 0.3) is 0 Å². The maximum atomic E-state index is 11.3. The first-order valence-electron chi connectivity index (χ1n) is 7.42. The Morgan fingerprint density at radius 2 is 1.91 bits per heavy atom. The van der Waals surface area contributed by atoms with Crippen LogP contribution in [0.1, 0.15) is 51.1 Å². The second-order valence-electron chi connectivity index (χ2n) is 5.00. The summed E-state index contributed by atoms with van der Waals surface area (Å²) in [5.74, 6) is 0.222. The molecule has 0 radical (unpaired) electrons. The Balaban J connectivity index is 2.63. The van der Waals surface area contributed by atoms with E-state index in [1.54, 1.807) is 6.92 Å². The fourth-order valence-electron chi connectivity index (χ4n) is 2.01. The first kappa shape index (κ1) is 18.8. The minimum Gasteiger partial charge on any atom is -0.476 e. The molecular weight excluding hydrogens is 324 g/mol. The Bertz CT molecular complexity index is 502. The molecule has 1 rings (SSSR count). The van der Waals surface area contributed by atoms with Crippen LogP contribution in [-0.2, 0) is 0 Å². The molecule has 1 aromatic heterocycles. The van der Waals surface area contributed by atoms with E-state index in [1.807, 2.05) is 0 Å². The highest BCUT2D eigenvalue weighted by Crippen LogP contribution is 2.31. The number of urea groups is 1. The molecule has 124 valence electrons. The summed E-state index contributed by atoms with van der Waals surface area (Å²) in [5.41, 5.74) is 6.04. The molecule has 8 heteroatoms. The molecule has 1 aromatic rings. The van der Waals surface area contributed by atoms with Crippen molar-refractivity contribution in [1.82, 2.24) is 9.97 Å². The van der Waals surface area contributed by atoms with Gasteiger partial charge in [-0.05, 0) is 24.9 Å². The Kier molecular flexibility index (Phi) is 8.34. The molecule has 2 N–H and O–H groups in total. The van der Waals surface area contributed by atoms with Gasteiger partial charge in [0.15, 0.2) is 0 Å². The van der Waals surface area contributed by atoms with E-state index in [4.69, 9.17) is 22.1 Å². The standard InChI is InChI=1S/C14H23ClN4O2S/c1-3-4-5-6-7-8-9-21-12-11(19(22)14(16)20)10(2)17-13(15)18-12/h22H,3-9H2,1-2H3,(H2,16,20). The number of thiol groups is 1. The van der Waals surface area contributed by atoms with Crippen molar-refractivity contribution in [2.45, 2.75) is 52.4 Å². The predicted molar refractivity (Wildman–Crippen MR) is 91.7 cm³/mol. The number of anilines is 1. The van der Waals surface area contributed by atoms with Gasteiger partial charge < -0.3 is 10.5 Å². The highest BCUT2D eigenvalue weighted by atomic mass is 35.5. The van der Waals surface area contributed by atoms with Crippen LogP contribution in [0.5, 0.6) is 5.88 Å². The fraction of sp³-hybridized carbons (Fsp3) is 0.643. The topological polar surface area (TPSA) is 81.3 Å². The number of rotatable bonds is 9. The van der Waals surface area contributed by atoms with Crippen molar-refractivity contribution < 1.29 is 9.53 Å². The molecule has 0 atom stereocenters. The number of amides is 2. The molecule has 0 unspecified atom stereocenters. The van der Waals surface area contributed by atoms with Gasteiger partial charge in [0.1, 0.15) is 5.69 Å². The molecule has 0 aromatic carbocycles. The number of halogens is 1. The van der Waals surface area contributed by atoms with Crippen molar-refractivity contribution in [3.8, 4) is 5.88 Å². The SMILES string of the molecule is CCCCCCCCOc1nc(Cl)nc(C)c1N(S)C(N)=O. The van der Waals surface area contributed by atoms with Crippen molar-refractivity contribution in [3.05, 3.63) is 11.0 Å². The zero-order chi connectivity index (χ0) is 16.5. The highest BCUT2D eigenvalue weighted by Gasteiger charge is 2.20. The van der Waals surface area contributed by atoms with Crippen molar-refractivity contribution in [2.24, 2.45) is 5.73 Å². The number of aryl methyl sites for hydroxylation is 1. The first-order valence-corrected chi connectivity index (χ1v) is 8.20. The first-order chi connectivity index (χ1) is 10.5. The van der Waals surface area contributed by atoms with Crippen LogP contribution < -0.4 is 14.8 Å². The van der Waals surface area contributed by atoms with Gasteiger partial charge in [0, 0.05) is 0 Å². The van der Waals surface area contributed by atoms with E-state index < -0.39 is 6.03 Å². The summed E-state index contributed by atoms with van der Waals surface area (Å²) in [5, 5.41) is 0.0606. The van der Waals surface area contributed by atoms with Gasteiger partial charge in [-0.3, -0.25) is 0 Å². The quantitative estimate of drug-likeness (QED) is 0.403. The largest absolute Gasteiger partial charge is 0.476 e. The molecule has 22 heavy (non-hydrogen) atoms.